The standard InChI is InChI=1S/C7H5FN2/c8-4-6-2-1-3-7(5-9)10-6/h1-3H,4H2. The van der Waals surface area contributed by atoms with E-state index in [1.54, 1.807) is 18.2 Å². The van der Waals surface area contributed by atoms with Crippen LogP contribution in [0.3, 0.4) is 0 Å². The Morgan fingerprint density at radius 2 is 2.40 bits per heavy atom. The number of hydrogen-bond acceptors (Lipinski definition) is 2. The van der Waals surface area contributed by atoms with Crippen LogP contribution in [0.25, 0.3) is 0 Å². The largest absolute Gasteiger partial charge is 0.244 e. The van der Waals surface area contributed by atoms with Crippen molar-refractivity contribution < 1.29 is 4.39 Å². The Morgan fingerprint density at radius 1 is 1.60 bits per heavy atom. The van der Waals surface area contributed by atoms with Crippen molar-refractivity contribution >= 4 is 0 Å². The zero-order valence-corrected chi connectivity index (χ0v) is 5.21. The fourth-order valence-corrected chi connectivity index (χ4v) is 0.616. The normalized spacial score (nSPS) is 8.80. The molecule has 0 atom stereocenters. The molecule has 0 aliphatic carbocycles. The van der Waals surface area contributed by atoms with Crippen LogP contribution in [0.5, 0.6) is 0 Å². The van der Waals surface area contributed by atoms with Crippen LogP contribution in [-0.4, -0.2) is 4.98 Å². The Kier molecular flexibility index (Phi) is 1.96. The molecule has 0 radical (unpaired) electrons. The highest BCUT2D eigenvalue weighted by atomic mass is 19.1. The molecule has 0 N–H and O–H groups in total. The second-order valence-electron chi connectivity index (χ2n) is 1.76. The van der Waals surface area contributed by atoms with Gasteiger partial charge in [-0.05, 0) is 12.1 Å². The third-order valence-corrected chi connectivity index (χ3v) is 1.06. The number of hydrogen-bond donors (Lipinski definition) is 0. The van der Waals surface area contributed by atoms with Gasteiger partial charge in [-0.1, -0.05) is 6.07 Å². The van der Waals surface area contributed by atoms with Crippen molar-refractivity contribution in [1.29, 1.82) is 5.26 Å². The fourth-order valence-electron chi connectivity index (χ4n) is 0.616. The number of alkyl halides is 1. The fraction of sp³-hybridized carbons (Fsp3) is 0.143. The third kappa shape index (κ3) is 1.29. The van der Waals surface area contributed by atoms with E-state index in [1.807, 2.05) is 6.07 Å². The number of aromatic nitrogens is 1. The lowest BCUT2D eigenvalue weighted by Crippen LogP contribution is -1.87. The minimum absolute atomic E-state index is 0.259. The quantitative estimate of drug-likeness (QED) is 0.585. The first-order valence-electron chi connectivity index (χ1n) is 2.79. The van der Waals surface area contributed by atoms with E-state index in [0.717, 1.165) is 0 Å². The van der Waals surface area contributed by atoms with E-state index in [1.165, 1.54) is 0 Å². The van der Waals surface area contributed by atoms with E-state index in [-0.39, 0.29) is 5.69 Å². The predicted octanol–water partition coefficient (Wildman–Crippen LogP) is 1.42. The van der Waals surface area contributed by atoms with Gasteiger partial charge in [-0.25, -0.2) is 9.37 Å². The molecule has 0 spiro atoms. The SMILES string of the molecule is N#Cc1cccc(CF)n1. The van der Waals surface area contributed by atoms with Crippen LogP contribution in [0.1, 0.15) is 11.4 Å². The van der Waals surface area contributed by atoms with Crippen molar-refractivity contribution in [2.45, 2.75) is 6.67 Å². The van der Waals surface area contributed by atoms with Gasteiger partial charge >= 0.3 is 0 Å². The lowest BCUT2D eigenvalue weighted by atomic mass is 10.3. The molecular weight excluding hydrogens is 131 g/mol. The van der Waals surface area contributed by atoms with E-state index in [4.69, 9.17) is 5.26 Å². The van der Waals surface area contributed by atoms with Crippen molar-refractivity contribution in [1.82, 2.24) is 4.98 Å². The summed E-state index contributed by atoms with van der Waals surface area (Å²) in [5.74, 6) is 0. The highest BCUT2D eigenvalue weighted by Gasteiger charge is 1.93. The molecule has 0 fully saturated rings. The van der Waals surface area contributed by atoms with E-state index in [0.29, 0.717) is 5.69 Å². The van der Waals surface area contributed by atoms with Crippen LogP contribution in [0, 0.1) is 11.3 Å². The molecule has 0 bridgehead atoms. The number of rotatable bonds is 1. The number of nitrogens with zero attached hydrogens (tertiary/aromatic N) is 2. The molecule has 1 rings (SSSR count). The Labute approximate surface area is 57.9 Å². The zero-order valence-electron chi connectivity index (χ0n) is 5.21. The maximum absolute atomic E-state index is 11.9. The van der Waals surface area contributed by atoms with Crippen LogP contribution in [0.4, 0.5) is 4.39 Å². The first-order chi connectivity index (χ1) is 4.86. The van der Waals surface area contributed by atoms with Gasteiger partial charge in [0.2, 0.25) is 0 Å². The molecule has 10 heavy (non-hydrogen) atoms. The molecule has 0 amide bonds. The molecule has 3 heteroatoms. The summed E-state index contributed by atoms with van der Waals surface area (Å²) < 4.78 is 11.9. The van der Waals surface area contributed by atoms with E-state index in [2.05, 4.69) is 4.98 Å². The summed E-state index contributed by atoms with van der Waals surface area (Å²) in [6.45, 7) is -0.616. The monoisotopic (exact) mass is 136 g/mol. The molecule has 0 unspecified atom stereocenters. The molecule has 1 heterocycles. The van der Waals surface area contributed by atoms with Gasteiger partial charge in [0.15, 0.2) is 0 Å². The Hall–Kier alpha value is -1.43. The number of halogens is 1. The summed E-state index contributed by atoms with van der Waals surface area (Å²) in [6, 6.07) is 6.52. The third-order valence-electron chi connectivity index (χ3n) is 1.06. The first kappa shape index (κ1) is 6.69. The van der Waals surface area contributed by atoms with Gasteiger partial charge in [0.1, 0.15) is 18.4 Å². The smallest absolute Gasteiger partial charge is 0.140 e. The molecule has 1 aromatic heterocycles. The van der Waals surface area contributed by atoms with Gasteiger partial charge in [-0.2, -0.15) is 5.26 Å². The Morgan fingerprint density at radius 3 is 3.00 bits per heavy atom. The summed E-state index contributed by atoms with van der Waals surface area (Å²) in [6.07, 6.45) is 0. The van der Waals surface area contributed by atoms with Crippen LogP contribution in [-0.2, 0) is 6.67 Å². The van der Waals surface area contributed by atoms with Crippen molar-refractivity contribution in [2.24, 2.45) is 0 Å². The number of pyridine rings is 1. The summed E-state index contributed by atoms with van der Waals surface area (Å²) in [7, 11) is 0. The van der Waals surface area contributed by atoms with Crippen LogP contribution < -0.4 is 0 Å². The highest BCUT2D eigenvalue weighted by Crippen LogP contribution is 1.98. The van der Waals surface area contributed by atoms with Gasteiger partial charge in [0.05, 0.1) is 5.69 Å². The van der Waals surface area contributed by atoms with E-state index in [9.17, 15) is 4.39 Å². The average Bonchev–Trinajstić information content (AvgIpc) is 2.05. The maximum Gasteiger partial charge on any atom is 0.140 e. The first-order valence-corrected chi connectivity index (χ1v) is 2.79. The zero-order chi connectivity index (χ0) is 7.40. The van der Waals surface area contributed by atoms with E-state index < -0.39 is 6.67 Å². The topological polar surface area (TPSA) is 36.7 Å². The van der Waals surface area contributed by atoms with Gasteiger partial charge in [0.25, 0.3) is 0 Å². The summed E-state index contributed by atoms with van der Waals surface area (Å²) in [5, 5.41) is 8.32. The molecule has 1 aromatic rings. The van der Waals surface area contributed by atoms with Gasteiger partial charge in [-0.15, -0.1) is 0 Å². The average molecular weight is 136 g/mol. The Balaban J connectivity index is 3.01. The highest BCUT2D eigenvalue weighted by molar-refractivity contribution is 5.21. The van der Waals surface area contributed by atoms with Crippen molar-refractivity contribution in [2.75, 3.05) is 0 Å². The molecule has 0 saturated heterocycles. The predicted molar refractivity (Wildman–Crippen MR) is 33.8 cm³/mol. The Bertz CT molecular complexity index is 265. The van der Waals surface area contributed by atoms with Crippen LogP contribution in [0.15, 0.2) is 18.2 Å². The van der Waals surface area contributed by atoms with Gasteiger partial charge in [0, 0.05) is 0 Å². The molecule has 2 nitrogen and oxygen atoms in total. The van der Waals surface area contributed by atoms with Gasteiger partial charge in [-0.3, -0.25) is 0 Å². The minimum atomic E-state index is -0.616. The molecular formula is C7H5FN2. The van der Waals surface area contributed by atoms with Crippen LogP contribution in [0.2, 0.25) is 0 Å². The molecule has 0 aliphatic rings. The molecule has 0 aliphatic heterocycles. The maximum atomic E-state index is 11.9. The second kappa shape index (κ2) is 2.92. The van der Waals surface area contributed by atoms with Crippen LogP contribution >= 0.6 is 0 Å². The molecule has 0 aromatic carbocycles. The lowest BCUT2D eigenvalue weighted by Gasteiger charge is -1.90. The second-order valence-corrected chi connectivity index (χ2v) is 1.76. The molecule has 50 valence electrons. The van der Waals surface area contributed by atoms with Gasteiger partial charge < -0.3 is 0 Å². The van der Waals surface area contributed by atoms with E-state index >= 15 is 0 Å². The lowest BCUT2D eigenvalue weighted by molar-refractivity contribution is 0.476. The van der Waals surface area contributed by atoms with Crippen molar-refractivity contribution in [3.63, 3.8) is 0 Å². The number of nitriles is 1. The summed E-state index contributed by atoms with van der Waals surface area (Å²) >= 11 is 0. The minimum Gasteiger partial charge on any atom is -0.244 e. The molecule has 0 saturated carbocycles. The summed E-state index contributed by atoms with van der Waals surface area (Å²) in [5.41, 5.74) is 0.564. The summed E-state index contributed by atoms with van der Waals surface area (Å²) in [4.78, 5) is 3.67. The van der Waals surface area contributed by atoms with Crippen molar-refractivity contribution in [3.8, 4) is 6.07 Å². The van der Waals surface area contributed by atoms with Crippen molar-refractivity contribution in [3.05, 3.63) is 29.6 Å².